The zero-order chi connectivity index (χ0) is 16.4. The van der Waals surface area contributed by atoms with E-state index in [1.807, 2.05) is 7.05 Å². The van der Waals surface area contributed by atoms with E-state index in [9.17, 15) is 9.90 Å². The molecule has 1 heterocycles. The third-order valence-electron chi connectivity index (χ3n) is 4.04. The highest BCUT2D eigenvalue weighted by Crippen LogP contribution is 2.26. The number of nitrogens with one attached hydrogen (secondary N) is 2. The minimum Gasteiger partial charge on any atom is -0.506 e. The van der Waals surface area contributed by atoms with Crippen molar-refractivity contribution >= 4 is 17.6 Å². The second-order valence-electron chi connectivity index (χ2n) is 5.62. The van der Waals surface area contributed by atoms with E-state index in [0.717, 1.165) is 24.2 Å². The van der Waals surface area contributed by atoms with E-state index >= 15 is 0 Å². The molecule has 1 aliphatic carbocycles. The number of hydrogen-bond donors (Lipinski definition) is 3. The number of benzene rings is 1. The van der Waals surface area contributed by atoms with Gasteiger partial charge in [-0.1, -0.05) is 28.9 Å². The van der Waals surface area contributed by atoms with Gasteiger partial charge >= 0.3 is 6.03 Å². The van der Waals surface area contributed by atoms with E-state index in [2.05, 4.69) is 20.9 Å². The zero-order valence-electron chi connectivity index (χ0n) is 12.7. The molecule has 1 unspecified atom stereocenters. The van der Waals surface area contributed by atoms with Crippen molar-refractivity contribution in [2.75, 3.05) is 0 Å². The highest BCUT2D eigenvalue weighted by atomic mass is 35.5. The number of halogens is 1. The molecule has 0 bridgehead atoms. The van der Waals surface area contributed by atoms with Gasteiger partial charge in [0.1, 0.15) is 5.75 Å². The maximum atomic E-state index is 12.0. The molecule has 1 aliphatic rings. The predicted molar refractivity (Wildman–Crippen MR) is 85.3 cm³/mol. The molecule has 3 N–H and O–H groups in total. The first-order valence-corrected chi connectivity index (χ1v) is 7.80. The molecule has 2 amide bonds. The van der Waals surface area contributed by atoms with E-state index in [-0.39, 0.29) is 29.4 Å². The van der Waals surface area contributed by atoms with Gasteiger partial charge in [-0.2, -0.15) is 0 Å². The number of carbonyl (C=O) groups is 1. The van der Waals surface area contributed by atoms with Gasteiger partial charge in [-0.05, 0) is 18.9 Å². The fourth-order valence-corrected chi connectivity index (χ4v) is 2.96. The number of carbonyl (C=O) groups excluding carboxylic acids is 1. The Hall–Kier alpha value is -2.28. The second kappa shape index (κ2) is 6.45. The number of nitrogens with zero attached hydrogens (tertiary/aromatic N) is 3. The van der Waals surface area contributed by atoms with Crippen LogP contribution in [0.4, 0.5) is 4.79 Å². The van der Waals surface area contributed by atoms with Crippen LogP contribution < -0.4 is 10.6 Å². The molecule has 0 radical (unpaired) electrons. The van der Waals surface area contributed by atoms with Crippen molar-refractivity contribution in [2.24, 2.45) is 7.05 Å². The third-order valence-corrected chi connectivity index (χ3v) is 4.34. The Morgan fingerprint density at radius 3 is 3.17 bits per heavy atom. The Morgan fingerprint density at radius 2 is 2.35 bits per heavy atom. The minimum absolute atomic E-state index is 0.00339. The van der Waals surface area contributed by atoms with Gasteiger partial charge in [-0.3, -0.25) is 4.68 Å². The monoisotopic (exact) mass is 335 g/mol. The summed E-state index contributed by atoms with van der Waals surface area (Å²) in [5, 5.41) is 23.9. The Kier molecular flexibility index (Phi) is 4.38. The molecule has 7 nitrogen and oxygen atoms in total. The van der Waals surface area contributed by atoms with E-state index in [0.29, 0.717) is 12.0 Å². The van der Waals surface area contributed by atoms with Gasteiger partial charge in [-0.25, -0.2) is 4.79 Å². The predicted octanol–water partition coefficient (Wildman–Crippen LogP) is 1.53. The quantitative estimate of drug-likeness (QED) is 0.793. The summed E-state index contributed by atoms with van der Waals surface area (Å²) in [7, 11) is 1.88. The summed E-state index contributed by atoms with van der Waals surface area (Å²) < 4.78 is 1.79. The lowest BCUT2D eigenvalue weighted by atomic mass is 9.96. The summed E-state index contributed by atoms with van der Waals surface area (Å²) in [5.74, 6) is -0.00339. The number of urea groups is 1. The highest BCUT2D eigenvalue weighted by molar-refractivity contribution is 6.32. The number of aromatic hydroxyl groups is 1. The van der Waals surface area contributed by atoms with E-state index in [1.165, 1.54) is 0 Å². The Bertz CT molecular complexity index is 731. The fraction of sp³-hybridized carbons (Fsp3) is 0.400. The van der Waals surface area contributed by atoms with Crippen molar-refractivity contribution in [3.63, 3.8) is 0 Å². The maximum absolute atomic E-state index is 12.0. The van der Waals surface area contributed by atoms with Gasteiger partial charge < -0.3 is 15.7 Å². The molecule has 1 aromatic heterocycles. The van der Waals surface area contributed by atoms with Gasteiger partial charge in [0.15, 0.2) is 0 Å². The van der Waals surface area contributed by atoms with E-state index in [1.54, 1.807) is 22.9 Å². The average Bonchev–Trinajstić information content (AvgIpc) is 2.89. The number of rotatable bonds is 3. The van der Waals surface area contributed by atoms with Gasteiger partial charge in [0, 0.05) is 31.6 Å². The van der Waals surface area contributed by atoms with Crippen LogP contribution in [0.2, 0.25) is 5.02 Å². The third kappa shape index (κ3) is 3.39. The summed E-state index contributed by atoms with van der Waals surface area (Å²) >= 11 is 5.84. The molecule has 122 valence electrons. The number of aromatic nitrogens is 3. The van der Waals surface area contributed by atoms with E-state index < -0.39 is 0 Å². The second-order valence-corrected chi connectivity index (χ2v) is 6.03. The highest BCUT2D eigenvalue weighted by Gasteiger charge is 2.24. The number of amides is 2. The van der Waals surface area contributed by atoms with Gasteiger partial charge in [0.2, 0.25) is 0 Å². The molecular weight excluding hydrogens is 318 g/mol. The molecule has 1 aromatic carbocycles. The zero-order valence-corrected chi connectivity index (χ0v) is 13.5. The van der Waals surface area contributed by atoms with Crippen molar-refractivity contribution in [2.45, 2.75) is 31.8 Å². The van der Waals surface area contributed by atoms with Crippen molar-refractivity contribution < 1.29 is 9.90 Å². The largest absolute Gasteiger partial charge is 0.506 e. The van der Waals surface area contributed by atoms with Crippen LogP contribution in [-0.4, -0.2) is 32.2 Å². The van der Waals surface area contributed by atoms with E-state index in [4.69, 9.17) is 11.6 Å². The maximum Gasteiger partial charge on any atom is 0.315 e. The van der Waals surface area contributed by atoms with Crippen LogP contribution in [0.3, 0.4) is 0 Å². The summed E-state index contributed by atoms with van der Waals surface area (Å²) in [4.78, 5) is 12.0. The van der Waals surface area contributed by atoms with Crippen LogP contribution in [0.1, 0.15) is 23.4 Å². The molecule has 3 rings (SSSR count). The van der Waals surface area contributed by atoms with Crippen LogP contribution in [0, 0.1) is 0 Å². The lowest BCUT2D eigenvalue weighted by molar-refractivity contribution is 0.235. The number of aryl methyl sites for hydroxylation is 1. The first-order valence-electron chi connectivity index (χ1n) is 7.42. The van der Waals surface area contributed by atoms with Crippen LogP contribution in [-0.2, 0) is 26.4 Å². The van der Waals surface area contributed by atoms with Crippen LogP contribution in [0.15, 0.2) is 18.2 Å². The molecule has 8 heteroatoms. The molecule has 0 saturated heterocycles. The van der Waals surface area contributed by atoms with Gasteiger partial charge in [0.25, 0.3) is 0 Å². The minimum atomic E-state index is -0.276. The molecule has 0 spiro atoms. The molecule has 2 aromatic rings. The molecular formula is C15H18ClN5O2. The summed E-state index contributed by atoms with van der Waals surface area (Å²) in [6, 6.07) is 4.80. The molecule has 23 heavy (non-hydrogen) atoms. The SMILES string of the molecule is Cn1nnc2c1CCC(NC(=O)NCc1cccc(Cl)c1O)C2. The number of phenols is 1. The number of para-hydroxylation sites is 1. The molecule has 1 atom stereocenters. The van der Waals surface area contributed by atoms with Gasteiger partial charge in [0.05, 0.1) is 16.4 Å². The molecule has 0 aliphatic heterocycles. The summed E-state index contributed by atoms with van der Waals surface area (Å²) in [6.45, 7) is 0.210. The first-order chi connectivity index (χ1) is 11.0. The standard InChI is InChI=1S/C15H18ClN5O2/c1-21-13-6-5-10(7-12(13)19-20-21)18-15(23)17-8-9-3-2-4-11(16)14(9)22/h2-4,10,22H,5-8H2,1H3,(H2,17,18,23). The Morgan fingerprint density at radius 1 is 1.52 bits per heavy atom. The van der Waals surface area contributed by atoms with Crippen molar-refractivity contribution in [1.82, 2.24) is 25.6 Å². The lowest BCUT2D eigenvalue weighted by Crippen LogP contribution is -2.44. The normalized spacial score (nSPS) is 16.7. The van der Waals surface area contributed by atoms with Crippen molar-refractivity contribution in [1.29, 1.82) is 0 Å². The average molecular weight is 336 g/mol. The van der Waals surface area contributed by atoms with Gasteiger partial charge in [-0.15, -0.1) is 5.10 Å². The smallest absolute Gasteiger partial charge is 0.315 e. The first kappa shape index (κ1) is 15.6. The fourth-order valence-electron chi connectivity index (χ4n) is 2.77. The van der Waals surface area contributed by atoms with Crippen LogP contribution in [0.25, 0.3) is 0 Å². The molecule has 0 fully saturated rings. The number of hydrogen-bond acceptors (Lipinski definition) is 4. The lowest BCUT2D eigenvalue weighted by Gasteiger charge is -2.22. The Labute approximate surface area is 138 Å². The van der Waals surface area contributed by atoms with Crippen molar-refractivity contribution in [3.05, 3.63) is 40.2 Å². The van der Waals surface area contributed by atoms with Crippen LogP contribution in [0.5, 0.6) is 5.75 Å². The number of fused-ring (bicyclic) bond motifs is 1. The molecule has 0 saturated carbocycles. The summed E-state index contributed by atoms with van der Waals surface area (Å²) in [6.07, 6.45) is 2.38. The topological polar surface area (TPSA) is 92.1 Å². The Balaban J connectivity index is 1.53. The summed E-state index contributed by atoms with van der Waals surface area (Å²) in [5.41, 5.74) is 2.65. The van der Waals surface area contributed by atoms with Crippen LogP contribution >= 0.6 is 11.6 Å². The number of phenolic OH excluding ortho intramolecular Hbond substituents is 1. The van der Waals surface area contributed by atoms with Crippen molar-refractivity contribution in [3.8, 4) is 5.75 Å².